The van der Waals surface area contributed by atoms with E-state index in [9.17, 15) is 8.42 Å². The summed E-state index contributed by atoms with van der Waals surface area (Å²) in [5.74, 6) is 0.151. The first kappa shape index (κ1) is 10.2. The minimum Gasteiger partial charge on any atom is -0.255 e. The number of hydrogen-bond donors (Lipinski definition) is 2. The maximum Gasteiger partial charge on any atom is 0.300 e. The normalized spacial score (nSPS) is 11.2. The van der Waals surface area contributed by atoms with E-state index in [0.29, 0.717) is 0 Å². The quantitative estimate of drug-likeness (QED) is 0.725. The second kappa shape index (κ2) is 3.91. The molecule has 0 aliphatic rings. The van der Waals surface area contributed by atoms with Gasteiger partial charge in [-0.1, -0.05) is 11.6 Å². The number of anilines is 1. The molecule has 1 aromatic heterocycles. The van der Waals surface area contributed by atoms with Gasteiger partial charge in [0.1, 0.15) is 11.0 Å². The van der Waals surface area contributed by atoms with Crippen LogP contribution in [0.2, 0.25) is 5.15 Å². The summed E-state index contributed by atoms with van der Waals surface area (Å²) < 4.78 is 26.2. The highest BCUT2D eigenvalue weighted by Crippen LogP contribution is 2.08. The van der Waals surface area contributed by atoms with Gasteiger partial charge in [0.2, 0.25) is 0 Å². The third kappa shape index (κ3) is 3.17. The van der Waals surface area contributed by atoms with Crippen LogP contribution in [0.5, 0.6) is 0 Å². The van der Waals surface area contributed by atoms with Gasteiger partial charge in [0.15, 0.2) is 0 Å². The second-order valence-corrected chi connectivity index (χ2v) is 4.05. The fraction of sp³-hybridized carbons (Fsp3) is 0.167. The van der Waals surface area contributed by atoms with Gasteiger partial charge in [-0.3, -0.25) is 4.72 Å². The lowest BCUT2D eigenvalue weighted by atomic mass is 10.5. The Hall–Kier alpha value is -0.850. The smallest absolute Gasteiger partial charge is 0.255 e. The lowest BCUT2D eigenvalue weighted by Crippen LogP contribution is -2.26. The van der Waals surface area contributed by atoms with Crippen LogP contribution in [0.15, 0.2) is 12.1 Å². The standard InChI is InChI=1S/C6H7ClN3O2S/c1-8-13(11,12)10-6-4-2-3-5(7)9-6/h2,4,8H,1H3,(H,9,10). The largest absolute Gasteiger partial charge is 0.300 e. The summed E-state index contributed by atoms with van der Waals surface area (Å²) in [6, 6.07) is 5.49. The molecule has 0 spiro atoms. The lowest BCUT2D eigenvalue weighted by molar-refractivity contribution is 0.593. The van der Waals surface area contributed by atoms with E-state index in [2.05, 4.69) is 20.5 Å². The Kier molecular flexibility index (Phi) is 3.07. The molecule has 0 unspecified atom stereocenters. The highest BCUT2D eigenvalue weighted by atomic mass is 35.5. The highest BCUT2D eigenvalue weighted by Gasteiger charge is 2.06. The molecule has 0 aliphatic heterocycles. The van der Waals surface area contributed by atoms with E-state index >= 15 is 0 Å². The zero-order valence-corrected chi connectivity index (χ0v) is 8.28. The molecule has 5 nitrogen and oxygen atoms in total. The first-order valence-corrected chi connectivity index (χ1v) is 5.15. The van der Waals surface area contributed by atoms with Gasteiger partial charge in [-0.15, -0.1) is 0 Å². The van der Waals surface area contributed by atoms with Crippen LogP contribution in [0.3, 0.4) is 0 Å². The zero-order chi connectivity index (χ0) is 9.90. The third-order valence-corrected chi connectivity index (χ3v) is 2.38. The second-order valence-electron chi connectivity index (χ2n) is 2.08. The summed E-state index contributed by atoms with van der Waals surface area (Å²) in [5, 5.41) is 0.108. The minimum absolute atomic E-state index is 0.108. The minimum atomic E-state index is -3.52. The molecule has 0 bridgehead atoms. The van der Waals surface area contributed by atoms with Crippen molar-refractivity contribution in [3.8, 4) is 0 Å². The zero-order valence-electron chi connectivity index (χ0n) is 6.70. The molecule has 0 fully saturated rings. The average molecular weight is 221 g/mol. The summed E-state index contributed by atoms with van der Waals surface area (Å²) in [6.07, 6.45) is 0. The van der Waals surface area contributed by atoms with Crippen LogP contribution in [0.4, 0.5) is 5.82 Å². The number of rotatable bonds is 3. The first-order chi connectivity index (χ1) is 6.03. The monoisotopic (exact) mass is 220 g/mol. The molecule has 0 aliphatic carbocycles. The number of nitrogens with one attached hydrogen (secondary N) is 2. The molecule has 2 N–H and O–H groups in total. The van der Waals surface area contributed by atoms with Gasteiger partial charge in [-0.25, -0.2) is 9.71 Å². The van der Waals surface area contributed by atoms with Crippen molar-refractivity contribution in [2.75, 3.05) is 11.8 Å². The van der Waals surface area contributed by atoms with Crippen molar-refractivity contribution in [3.05, 3.63) is 23.4 Å². The maximum atomic E-state index is 11.0. The summed E-state index contributed by atoms with van der Waals surface area (Å²) >= 11 is 5.49. The summed E-state index contributed by atoms with van der Waals surface area (Å²) in [5.41, 5.74) is 0. The average Bonchev–Trinajstić information content (AvgIpc) is 2.03. The Balaban J connectivity index is 2.87. The molecule has 1 aromatic rings. The van der Waals surface area contributed by atoms with Crippen molar-refractivity contribution in [3.63, 3.8) is 0 Å². The van der Waals surface area contributed by atoms with E-state index in [1.807, 2.05) is 0 Å². The fourth-order valence-corrected chi connectivity index (χ4v) is 1.26. The number of hydrogen-bond acceptors (Lipinski definition) is 3. The molecular formula is C6H7ClN3O2S. The van der Waals surface area contributed by atoms with Crippen LogP contribution < -0.4 is 9.44 Å². The molecule has 71 valence electrons. The molecule has 1 heterocycles. The van der Waals surface area contributed by atoms with Crippen LogP contribution in [0, 0.1) is 6.07 Å². The molecule has 0 aromatic carbocycles. The van der Waals surface area contributed by atoms with Crippen LogP contribution in [-0.2, 0) is 10.2 Å². The fourth-order valence-electron chi connectivity index (χ4n) is 0.610. The Morgan fingerprint density at radius 1 is 1.62 bits per heavy atom. The van der Waals surface area contributed by atoms with Gasteiger partial charge in [0, 0.05) is 13.1 Å². The molecule has 0 saturated carbocycles. The van der Waals surface area contributed by atoms with Crippen LogP contribution in [-0.4, -0.2) is 20.4 Å². The van der Waals surface area contributed by atoms with E-state index in [0.717, 1.165) is 0 Å². The third-order valence-electron chi connectivity index (χ3n) is 1.17. The van der Waals surface area contributed by atoms with Crippen molar-refractivity contribution in [1.29, 1.82) is 0 Å². The predicted octanol–water partition coefficient (Wildman–Crippen LogP) is 0.411. The van der Waals surface area contributed by atoms with E-state index in [4.69, 9.17) is 11.6 Å². The Labute approximate surface area is 81.3 Å². The number of pyridine rings is 1. The van der Waals surface area contributed by atoms with Gasteiger partial charge < -0.3 is 0 Å². The van der Waals surface area contributed by atoms with Gasteiger partial charge in [-0.2, -0.15) is 8.42 Å². The summed E-state index contributed by atoms with van der Waals surface area (Å²) in [7, 11) is -2.23. The van der Waals surface area contributed by atoms with E-state index < -0.39 is 10.2 Å². The Morgan fingerprint density at radius 2 is 2.31 bits per heavy atom. The lowest BCUT2D eigenvalue weighted by Gasteiger charge is -2.04. The molecule has 0 saturated heterocycles. The van der Waals surface area contributed by atoms with Gasteiger partial charge >= 0.3 is 0 Å². The van der Waals surface area contributed by atoms with E-state index in [1.165, 1.54) is 19.2 Å². The highest BCUT2D eigenvalue weighted by molar-refractivity contribution is 7.90. The number of halogens is 1. The summed E-state index contributed by atoms with van der Waals surface area (Å²) in [6.45, 7) is 0. The number of nitrogens with zero attached hydrogens (tertiary/aromatic N) is 1. The van der Waals surface area contributed by atoms with Crippen molar-refractivity contribution >= 4 is 27.6 Å². The Morgan fingerprint density at radius 3 is 2.85 bits per heavy atom. The van der Waals surface area contributed by atoms with Gasteiger partial charge in [-0.05, 0) is 12.1 Å². The van der Waals surface area contributed by atoms with Crippen LogP contribution in [0.25, 0.3) is 0 Å². The molecule has 0 amide bonds. The van der Waals surface area contributed by atoms with Gasteiger partial charge in [0.25, 0.3) is 10.2 Å². The molecule has 0 atom stereocenters. The SMILES string of the molecule is CNS(=O)(=O)Nc1cc[c]c(Cl)n1. The molecule has 7 heteroatoms. The molecule has 13 heavy (non-hydrogen) atoms. The number of aromatic nitrogens is 1. The molecule has 1 rings (SSSR count). The van der Waals surface area contributed by atoms with Crippen molar-refractivity contribution in [1.82, 2.24) is 9.71 Å². The summed E-state index contributed by atoms with van der Waals surface area (Å²) in [4.78, 5) is 3.69. The van der Waals surface area contributed by atoms with Crippen LogP contribution >= 0.6 is 11.6 Å². The topological polar surface area (TPSA) is 71.1 Å². The predicted molar refractivity (Wildman–Crippen MR) is 49.7 cm³/mol. The van der Waals surface area contributed by atoms with Crippen LogP contribution in [0.1, 0.15) is 0 Å². The first-order valence-electron chi connectivity index (χ1n) is 3.29. The van der Waals surface area contributed by atoms with Gasteiger partial charge in [0.05, 0.1) is 0 Å². The van der Waals surface area contributed by atoms with Crippen molar-refractivity contribution in [2.24, 2.45) is 0 Å². The van der Waals surface area contributed by atoms with Crippen molar-refractivity contribution < 1.29 is 8.42 Å². The van der Waals surface area contributed by atoms with E-state index in [-0.39, 0.29) is 11.0 Å². The van der Waals surface area contributed by atoms with Crippen molar-refractivity contribution in [2.45, 2.75) is 0 Å². The Bertz CT molecular complexity index is 393. The van der Waals surface area contributed by atoms with E-state index in [1.54, 1.807) is 0 Å². The molecular weight excluding hydrogens is 214 g/mol. The maximum absolute atomic E-state index is 11.0. The molecule has 1 radical (unpaired) electrons.